The summed E-state index contributed by atoms with van der Waals surface area (Å²) in [4.78, 5) is 45.4. The van der Waals surface area contributed by atoms with E-state index in [0.29, 0.717) is 17.8 Å². The van der Waals surface area contributed by atoms with Gasteiger partial charge in [-0.2, -0.15) is 0 Å². The lowest BCUT2D eigenvalue weighted by molar-refractivity contribution is -0.125. The Morgan fingerprint density at radius 1 is 0.943 bits per heavy atom. The summed E-state index contributed by atoms with van der Waals surface area (Å²) in [5.74, 6) is -0.250. The molecule has 3 heterocycles. The van der Waals surface area contributed by atoms with Gasteiger partial charge in [0.2, 0.25) is 11.8 Å². The summed E-state index contributed by atoms with van der Waals surface area (Å²) in [6.45, 7) is 4.75. The van der Waals surface area contributed by atoms with Crippen LogP contribution in [0.15, 0.2) is 42.5 Å². The predicted molar refractivity (Wildman–Crippen MR) is 137 cm³/mol. The van der Waals surface area contributed by atoms with Crippen LogP contribution < -0.4 is 15.1 Å². The fraction of sp³-hybridized carbons (Fsp3) is 0.464. The summed E-state index contributed by atoms with van der Waals surface area (Å²) in [6.07, 6.45) is 6.03. The highest BCUT2D eigenvalue weighted by Gasteiger charge is 2.40. The van der Waals surface area contributed by atoms with E-state index >= 15 is 0 Å². The van der Waals surface area contributed by atoms with E-state index in [2.05, 4.69) is 10.2 Å². The summed E-state index contributed by atoms with van der Waals surface area (Å²) < 4.78 is 0. The van der Waals surface area contributed by atoms with Crippen molar-refractivity contribution in [2.45, 2.75) is 58.0 Å². The molecule has 1 atom stereocenters. The van der Waals surface area contributed by atoms with Gasteiger partial charge in [-0.25, -0.2) is 0 Å². The second-order valence-corrected chi connectivity index (χ2v) is 9.89. The Hall–Kier alpha value is -3.35. The standard InChI is InChI=1S/C28H34N4O3/c1-20-9-3-4-10-22(20)18-29-26(33)19-32-25-17-21(27(34)30-14-6-2-7-15-30)12-13-23(25)31-16-8-5-11-24(31)28(32)35/h3-4,9-10,12-13,17,24H,2,5-8,11,14-16,18-19H2,1H3,(H,29,33). The van der Waals surface area contributed by atoms with E-state index in [1.165, 1.54) is 0 Å². The van der Waals surface area contributed by atoms with Crippen LogP contribution in [0.2, 0.25) is 0 Å². The molecule has 2 saturated heterocycles. The van der Waals surface area contributed by atoms with E-state index in [1.807, 2.05) is 54.3 Å². The number of fused-ring (bicyclic) bond motifs is 3. The van der Waals surface area contributed by atoms with E-state index in [0.717, 1.165) is 75.0 Å². The predicted octanol–water partition coefficient (Wildman–Crippen LogP) is 3.64. The highest BCUT2D eigenvalue weighted by molar-refractivity contribution is 6.09. The van der Waals surface area contributed by atoms with E-state index < -0.39 is 0 Å². The van der Waals surface area contributed by atoms with Crippen LogP contribution in [0.25, 0.3) is 0 Å². The lowest BCUT2D eigenvalue weighted by atomic mass is 9.95. The molecular weight excluding hydrogens is 440 g/mol. The molecular formula is C28H34N4O3. The first-order valence-corrected chi connectivity index (χ1v) is 12.9. The van der Waals surface area contributed by atoms with Crippen molar-refractivity contribution in [2.24, 2.45) is 0 Å². The van der Waals surface area contributed by atoms with Gasteiger partial charge in [-0.3, -0.25) is 19.3 Å². The Bertz CT molecular complexity index is 1120. The van der Waals surface area contributed by atoms with E-state index in [-0.39, 0.29) is 30.3 Å². The maximum absolute atomic E-state index is 13.6. The molecule has 35 heavy (non-hydrogen) atoms. The van der Waals surface area contributed by atoms with Crippen molar-refractivity contribution < 1.29 is 14.4 Å². The van der Waals surface area contributed by atoms with Crippen molar-refractivity contribution in [1.82, 2.24) is 10.2 Å². The summed E-state index contributed by atoms with van der Waals surface area (Å²) in [7, 11) is 0. The topological polar surface area (TPSA) is 73.0 Å². The molecule has 7 heteroatoms. The normalized spacial score (nSPS) is 19.7. The lowest BCUT2D eigenvalue weighted by Crippen LogP contribution is -2.57. The zero-order chi connectivity index (χ0) is 24.4. The van der Waals surface area contributed by atoms with Gasteiger partial charge in [0.25, 0.3) is 5.91 Å². The molecule has 0 aromatic heterocycles. The Kier molecular flexibility index (Phi) is 6.75. The number of nitrogens with one attached hydrogen (secondary N) is 1. The SMILES string of the molecule is Cc1ccccc1CNC(=O)CN1C(=O)C2CCCCN2c2ccc(C(=O)N3CCCCC3)cc21. The van der Waals surface area contributed by atoms with Gasteiger partial charge in [0.15, 0.2) is 0 Å². The number of likely N-dealkylation sites (tertiary alicyclic amines) is 1. The van der Waals surface area contributed by atoms with Crippen molar-refractivity contribution in [3.8, 4) is 0 Å². The fourth-order valence-corrected chi connectivity index (χ4v) is 5.54. The molecule has 0 aliphatic carbocycles. The quantitative estimate of drug-likeness (QED) is 0.718. The van der Waals surface area contributed by atoms with Crippen LogP contribution in [-0.2, 0) is 16.1 Å². The van der Waals surface area contributed by atoms with Crippen molar-refractivity contribution in [3.05, 3.63) is 59.2 Å². The second-order valence-electron chi connectivity index (χ2n) is 9.89. The molecule has 184 valence electrons. The van der Waals surface area contributed by atoms with Gasteiger partial charge in [-0.1, -0.05) is 24.3 Å². The molecule has 3 amide bonds. The van der Waals surface area contributed by atoms with Gasteiger partial charge >= 0.3 is 0 Å². The largest absolute Gasteiger partial charge is 0.358 e. The van der Waals surface area contributed by atoms with Crippen LogP contribution in [0.5, 0.6) is 0 Å². The number of rotatable bonds is 5. The minimum Gasteiger partial charge on any atom is -0.358 e. The first-order valence-electron chi connectivity index (χ1n) is 12.9. The number of aryl methyl sites for hydroxylation is 1. The van der Waals surface area contributed by atoms with Crippen LogP contribution in [-0.4, -0.2) is 54.8 Å². The molecule has 7 nitrogen and oxygen atoms in total. The minimum atomic E-state index is -0.246. The van der Waals surface area contributed by atoms with Gasteiger partial charge in [-0.15, -0.1) is 0 Å². The fourth-order valence-electron chi connectivity index (χ4n) is 5.54. The van der Waals surface area contributed by atoms with E-state index in [9.17, 15) is 14.4 Å². The van der Waals surface area contributed by atoms with Gasteiger partial charge in [0.05, 0.1) is 11.4 Å². The van der Waals surface area contributed by atoms with Crippen LogP contribution in [0.4, 0.5) is 11.4 Å². The molecule has 1 N–H and O–H groups in total. The zero-order valence-electron chi connectivity index (χ0n) is 20.5. The maximum Gasteiger partial charge on any atom is 0.253 e. The molecule has 3 aliphatic rings. The van der Waals surface area contributed by atoms with Crippen molar-refractivity contribution in [2.75, 3.05) is 36.0 Å². The van der Waals surface area contributed by atoms with E-state index in [4.69, 9.17) is 0 Å². The monoisotopic (exact) mass is 474 g/mol. The lowest BCUT2D eigenvalue weighted by Gasteiger charge is -2.45. The highest BCUT2D eigenvalue weighted by atomic mass is 16.2. The average molecular weight is 475 g/mol. The number of carbonyl (C=O) groups excluding carboxylic acids is 3. The van der Waals surface area contributed by atoms with Crippen LogP contribution in [0, 0.1) is 6.92 Å². The minimum absolute atomic E-state index is 0.00432. The third kappa shape index (κ3) is 4.77. The molecule has 2 fully saturated rings. The number of anilines is 2. The first kappa shape index (κ1) is 23.4. The maximum atomic E-state index is 13.6. The van der Waals surface area contributed by atoms with Crippen LogP contribution in [0.3, 0.4) is 0 Å². The Morgan fingerprint density at radius 3 is 2.51 bits per heavy atom. The van der Waals surface area contributed by atoms with Crippen molar-refractivity contribution >= 4 is 29.1 Å². The summed E-state index contributed by atoms with van der Waals surface area (Å²) in [6, 6.07) is 13.4. The van der Waals surface area contributed by atoms with Gasteiger partial charge in [0.1, 0.15) is 12.6 Å². The smallest absolute Gasteiger partial charge is 0.253 e. The molecule has 2 aromatic rings. The average Bonchev–Trinajstić information content (AvgIpc) is 2.90. The number of carbonyl (C=O) groups is 3. The number of benzene rings is 2. The third-order valence-electron chi connectivity index (χ3n) is 7.56. The zero-order valence-corrected chi connectivity index (χ0v) is 20.5. The van der Waals surface area contributed by atoms with Gasteiger partial charge in [-0.05, 0) is 74.8 Å². The Balaban J connectivity index is 1.40. The first-order chi connectivity index (χ1) is 17.0. The molecule has 5 rings (SSSR count). The number of amides is 3. The molecule has 0 bridgehead atoms. The van der Waals surface area contributed by atoms with Crippen LogP contribution >= 0.6 is 0 Å². The molecule has 0 radical (unpaired) electrons. The molecule has 2 aromatic carbocycles. The molecule has 0 saturated carbocycles. The number of hydrogen-bond acceptors (Lipinski definition) is 4. The van der Waals surface area contributed by atoms with Crippen molar-refractivity contribution in [1.29, 1.82) is 0 Å². The number of piperidine rings is 2. The Labute approximate surface area is 207 Å². The van der Waals surface area contributed by atoms with Gasteiger partial charge in [0, 0.05) is 31.7 Å². The van der Waals surface area contributed by atoms with Crippen LogP contribution in [0.1, 0.15) is 60.0 Å². The molecule has 0 spiro atoms. The number of nitrogens with zero attached hydrogens (tertiary/aromatic N) is 3. The molecule has 3 aliphatic heterocycles. The molecule has 1 unspecified atom stereocenters. The van der Waals surface area contributed by atoms with Crippen molar-refractivity contribution in [3.63, 3.8) is 0 Å². The summed E-state index contributed by atoms with van der Waals surface area (Å²) >= 11 is 0. The summed E-state index contributed by atoms with van der Waals surface area (Å²) in [5.41, 5.74) is 4.36. The second kappa shape index (κ2) is 10.1. The van der Waals surface area contributed by atoms with Gasteiger partial charge < -0.3 is 15.1 Å². The number of hydrogen-bond donors (Lipinski definition) is 1. The summed E-state index contributed by atoms with van der Waals surface area (Å²) in [5, 5.41) is 2.98. The third-order valence-corrected chi connectivity index (χ3v) is 7.56. The van der Waals surface area contributed by atoms with E-state index in [1.54, 1.807) is 4.90 Å². The highest BCUT2D eigenvalue weighted by Crippen LogP contribution is 2.40. The Morgan fingerprint density at radius 2 is 1.71 bits per heavy atom.